The maximum Gasteiger partial charge on any atom is 0.308 e. The first-order chi connectivity index (χ1) is 17.8. The Bertz CT molecular complexity index is 1370. The van der Waals surface area contributed by atoms with Crippen LogP contribution in [0.15, 0.2) is 36.5 Å². The van der Waals surface area contributed by atoms with Crippen LogP contribution in [0.1, 0.15) is 30.4 Å². The van der Waals surface area contributed by atoms with Crippen LogP contribution in [0.2, 0.25) is 5.02 Å². The Balaban J connectivity index is 1.38. The first-order valence-electron chi connectivity index (χ1n) is 12.0. The number of aliphatic carboxylic acids is 1. The van der Waals surface area contributed by atoms with Crippen molar-refractivity contribution >= 4 is 28.5 Å². The molecule has 194 valence electrons. The fourth-order valence-electron chi connectivity index (χ4n) is 4.85. The van der Waals surface area contributed by atoms with Crippen molar-refractivity contribution in [2.75, 3.05) is 26.7 Å². The summed E-state index contributed by atoms with van der Waals surface area (Å²) in [4.78, 5) is 18.3. The second kappa shape index (κ2) is 11.8. The number of fused-ring (bicyclic) bond motifs is 1. The van der Waals surface area contributed by atoms with Crippen molar-refractivity contribution in [3.8, 4) is 17.6 Å². The summed E-state index contributed by atoms with van der Waals surface area (Å²) in [6, 6.07) is 6.94. The van der Waals surface area contributed by atoms with Gasteiger partial charge >= 0.3 is 5.97 Å². The van der Waals surface area contributed by atoms with Gasteiger partial charge in [-0.25, -0.2) is 13.2 Å². The lowest BCUT2D eigenvalue weighted by atomic mass is 9.81. The number of carbonyl (C=O) groups is 1. The van der Waals surface area contributed by atoms with Crippen LogP contribution in [-0.4, -0.2) is 47.7 Å². The molecule has 3 aromatic rings. The monoisotopic (exact) mass is 530 g/mol. The molecule has 9 heteroatoms. The van der Waals surface area contributed by atoms with Gasteiger partial charge in [-0.15, -0.1) is 0 Å². The van der Waals surface area contributed by atoms with E-state index in [1.807, 2.05) is 23.1 Å². The van der Waals surface area contributed by atoms with E-state index in [2.05, 4.69) is 16.8 Å². The second-order valence-electron chi connectivity index (χ2n) is 9.14. The first kappa shape index (κ1) is 26.8. The molecule has 1 N–H and O–H groups in total. The smallest absolute Gasteiger partial charge is 0.308 e. The van der Waals surface area contributed by atoms with Gasteiger partial charge in [0.1, 0.15) is 11.6 Å². The average Bonchev–Trinajstić information content (AvgIpc) is 2.88. The molecule has 1 aromatic heterocycles. The lowest BCUT2D eigenvalue weighted by molar-refractivity contribution is -0.146. The van der Waals surface area contributed by atoms with Crippen molar-refractivity contribution < 1.29 is 27.8 Å². The number of halogens is 4. The zero-order valence-electron chi connectivity index (χ0n) is 20.2. The Hall–Kier alpha value is -3.28. The van der Waals surface area contributed by atoms with Crippen LogP contribution in [-0.2, 0) is 11.2 Å². The topological polar surface area (TPSA) is 62.7 Å². The molecule has 0 amide bonds. The Morgan fingerprint density at radius 3 is 2.84 bits per heavy atom. The lowest BCUT2D eigenvalue weighted by Crippen LogP contribution is -2.44. The predicted octanol–water partition coefficient (Wildman–Crippen LogP) is 5.71. The molecule has 2 heterocycles. The summed E-state index contributed by atoms with van der Waals surface area (Å²) in [5.74, 6) is 1.01. The Labute approximate surface area is 218 Å². The number of ether oxygens (including phenoxy) is 1. The van der Waals surface area contributed by atoms with Crippen molar-refractivity contribution in [3.63, 3.8) is 0 Å². The van der Waals surface area contributed by atoms with E-state index in [1.165, 1.54) is 0 Å². The van der Waals surface area contributed by atoms with Crippen LogP contribution < -0.4 is 4.74 Å². The molecule has 0 saturated carbocycles. The van der Waals surface area contributed by atoms with E-state index in [9.17, 15) is 23.1 Å². The summed E-state index contributed by atoms with van der Waals surface area (Å²) >= 11 is 6.46. The number of likely N-dealkylation sites (tertiary alicyclic amines) is 1. The zero-order chi connectivity index (χ0) is 26.5. The highest BCUT2D eigenvalue weighted by Gasteiger charge is 2.33. The number of carboxylic acid groups (broad SMARTS) is 1. The molecule has 0 radical (unpaired) electrons. The van der Waals surface area contributed by atoms with Gasteiger partial charge in [0.25, 0.3) is 0 Å². The highest BCUT2D eigenvalue weighted by Crippen LogP contribution is 2.32. The van der Waals surface area contributed by atoms with E-state index in [1.54, 1.807) is 13.3 Å². The molecular weight excluding hydrogens is 505 g/mol. The molecular formula is C28H26ClF3N2O3. The zero-order valence-corrected chi connectivity index (χ0v) is 21.0. The first-order valence-corrected chi connectivity index (χ1v) is 12.3. The van der Waals surface area contributed by atoms with Crippen LogP contribution in [0.3, 0.4) is 0 Å². The number of rotatable bonds is 7. The number of methoxy groups -OCH3 is 1. The van der Waals surface area contributed by atoms with E-state index in [-0.39, 0.29) is 18.0 Å². The van der Waals surface area contributed by atoms with E-state index in [4.69, 9.17) is 16.3 Å². The molecule has 37 heavy (non-hydrogen) atoms. The minimum absolute atomic E-state index is 0.0159. The standard InChI is InChI=1S/C28H26ClF3N2O3/c1-37-20-7-8-26-22(14-20)21(24(29)15-33-26)6-2-4-17-9-11-34(16-23(17)28(35)36)10-3-5-18-12-19(30)13-25(31)27(18)32/h7-8,12-15,17,23H,2,4,6,9-11,16H2,1H3,(H,35,36). The number of hydrogen-bond donors (Lipinski definition) is 1. The van der Waals surface area contributed by atoms with Gasteiger partial charge in [-0.3, -0.25) is 14.7 Å². The quantitative estimate of drug-likeness (QED) is 0.313. The molecule has 5 nitrogen and oxygen atoms in total. The summed E-state index contributed by atoms with van der Waals surface area (Å²) in [6.45, 7) is 1.10. The SMILES string of the molecule is COc1ccc2ncc(Cl)c(CCCC3CCN(CC#Cc4cc(F)cc(F)c4F)CC3C(=O)O)c2c1. The molecule has 2 atom stereocenters. The van der Waals surface area contributed by atoms with E-state index in [0.29, 0.717) is 49.2 Å². The molecule has 1 aliphatic heterocycles. The Kier molecular flexibility index (Phi) is 8.57. The van der Waals surface area contributed by atoms with Gasteiger partial charge in [0.2, 0.25) is 0 Å². The van der Waals surface area contributed by atoms with Crippen molar-refractivity contribution in [3.05, 3.63) is 70.1 Å². The molecule has 0 aliphatic carbocycles. The fraction of sp³-hybridized carbons (Fsp3) is 0.357. The largest absolute Gasteiger partial charge is 0.497 e. The molecule has 2 unspecified atom stereocenters. The maximum atomic E-state index is 13.8. The number of pyridine rings is 1. The van der Waals surface area contributed by atoms with Crippen molar-refractivity contribution in [1.82, 2.24) is 9.88 Å². The Morgan fingerprint density at radius 1 is 1.27 bits per heavy atom. The third-order valence-electron chi connectivity index (χ3n) is 6.81. The number of nitrogens with zero attached hydrogens (tertiary/aromatic N) is 2. The minimum Gasteiger partial charge on any atom is -0.497 e. The summed E-state index contributed by atoms with van der Waals surface area (Å²) in [7, 11) is 1.60. The number of hydrogen-bond acceptors (Lipinski definition) is 4. The van der Waals surface area contributed by atoms with Gasteiger partial charge in [-0.1, -0.05) is 23.4 Å². The third-order valence-corrected chi connectivity index (χ3v) is 7.14. The molecule has 1 fully saturated rings. The van der Waals surface area contributed by atoms with Crippen molar-refractivity contribution in [2.24, 2.45) is 11.8 Å². The van der Waals surface area contributed by atoms with Gasteiger partial charge in [0.05, 0.1) is 35.7 Å². The minimum atomic E-state index is -1.30. The number of carboxylic acids is 1. The number of piperidine rings is 1. The van der Waals surface area contributed by atoms with Crippen molar-refractivity contribution in [1.29, 1.82) is 0 Å². The summed E-state index contributed by atoms with van der Waals surface area (Å²) in [5.41, 5.74) is 1.42. The predicted molar refractivity (Wildman–Crippen MR) is 135 cm³/mol. The van der Waals surface area contributed by atoms with Crippen LogP contribution in [0, 0.1) is 41.1 Å². The van der Waals surface area contributed by atoms with E-state index in [0.717, 1.165) is 29.0 Å². The Morgan fingerprint density at radius 2 is 2.08 bits per heavy atom. The summed E-state index contributed by atoms with van der Waals surface area (Å²) < 4.78 is 45.9. The van der Waals surface area contributed by atoms with Crippen LogP contribution in [0.5, 0.6) is 5.75 Å². The summed E-state index contributed by atoms with van der Waals surface area (Å²) in [6.07, 6.45) is 4.46. The van der Waals surface area contributed by atoms with Crippen LogP contribution >= 0.6 is 11.6 Å². The molecule has 1 aliphatic rings. The lowest BCUT2D eigenvalue weighted by Gasteiger charge is -2.35. The van der Waals surface area contributed by atoms with Gasteiger partial charge in [0.15, 0.2) is 11.6 Å². The maximum absolute atomic E-state index is 13.8. The number of aryl methyl sites for hydroxylation is 1. The van der Waals surface area contributed by atoms with Crippen LogP contribution in [0.4, 0.5) is 13.2 Å². The van der Waals surface area contributed by atoms with E-state index < -0.39 is 29.3 Å². The van der Waals surface area contributed by atoms with E-state index >= 15 is 0 Å². The average molecular weight is 531 g/mol. The molecule has 0 bridgehead atoms. The summed E-state index contributed by atoms with van der Waals surface area (Å²) in [5, 5.41) is 11.3. The van der Waals surface area contributed by atoms with Crippen molar-refractivity contribution in [2.45, 2.75) is 25.7 Å². The molecule has 1 saturated heterocycles. The number of aromatic nitrogens is 1. The van der Waals surface area contributed by atoms with Gasteiger partial charge in [-0.05, 0) is 68.0 Å². The highest BCUT2D eigenvalue weighted by atomic mass is 35.5. The van der Waals surface area contributed by atoms with Crippen LogP contribution in [0.25, 0.3) is 10.9 Å². The third kappa shape index (κ3) is 6.35. The number of benzene rings is 2. The normalized spacial score (nSPS) is 17.9. The van der Waals surface area contributed by atoms with Gasteiger partial charge < -0.3 is 9.84 Å². The van der Waals surface area contributed by atoms with Gasteiger partial charge in [0, 0.05) is 24.2 Å². The van der Waals surface area contributed by atoms with Gasteiger partial charge in [-0.2, -0.15) is 0 Å². The molecule has 0 spiro atoms. The highest BCUT2D eigenvalue weighted by molar-refractivity contribution is 6.32. The molecule has 4 rings (SSSR count). The fourth-order valence-corrected chi connectivity index (χ4v) is 5.10. The second-order valence-corrected chi connectivity index (χ2v) is 9.55. The molecule has 2 aromatic carbocycles.